The zero-order valence-corrected chi connectivity index (χ0v) is 22.3. The van der Waals surface area contributed by atoms with Gasteiger partial charge in [-0.25, -0.2) is 0 Å². The third-order valence-electron chi connectivity index (χ3n) is 8.32. The SMILES string of the molecule is COC(=O)[C@]1(c2ccc(CN3[C@@H](C)CC[C@H](c4ccccc4)S3(O)O)cc2)CC[C@@H](n2cnnc2)CC1. The number of carbonyl (C=O) groups is 1. The van der Waals surface area contributed by atoms with Crippen molar-refractivity contribution in [3.63, 3.8) is 0 Å². The average Bonchev–Trinajstić information content (AvgIpc) is 3.46. The predicted octanol–water partition coefficient (Wildman–Crippen LogP) is 5.90. The molecule has 37 heavy (non-hydrogen) atoms. The van der Waals surface area contributed by atoms with Crippen molar-refractivity contribution in [1.29, 1.82) is 0 Å². The molecule has 2 atom stereocenters. The molecular formula is C28H36N4O4S. The minimum absolute atomic E-state index is 0.0546. The molecule has 198 valence electrons. The van der Waals surface area contributed by atoms with Gasteiger partial charge in [-0.15, -0.1) is 21.0 Å². The second-order valence-electron chi connectivity index (χ2n) is 10.4. The summed E-state index contributed by atoms with van der Waals surface area (Å²) in [6.45, 7) is 2.50. The first-order chi connectivity index (χ1) is 17.8. The fourth-order valence-corrected chi connectivity index (χ4v) is 8.37. The lowest BCUT2D eigenvalue weighted by Gasteiger charge is -2.54. The van der Waals surface area contributed by atoms with Crippen LogP contribution in [-0.2, 0) is 21.5 Å². The summed E-state index contributed by atoms with van der Waals surface area (Å²) in [5.41, 5.74) is 2.22. The van der Waals surface area contributed by atoms with Crippen LogP contribution in [0.4, 0.5) is 0 Å². The second kappa shape index (κ2) is 10.6. The van der Waals surface area contributed by atoms with E-state index >= 15 is 0 Å². The van der Waals surface area contributed by atoms with Crippen LogP contribution in [-0.4, -0.2) is 47.3 Å². The van der Waals surface area contributed by atoms with E-state index in [4.69, 9.17) is 4.74 Å². The first-order valence-electron chi connectivity index (χ1n) is 13.0. The summed E-state index contributed by atoms with van der Waals surface area (Å²) >= 11 is 0. The monoisotopic (exact) mass is 524 g/mol. The van der Waals surface area contributed by atoms with Gasteiger partial charge in [-0.3, -0.25) is 13.9 Å². The topological polar surface area (TPSA) is 101 Å². The summed E-state index contributed by atoms with van der Waals surface area (Å²) < 4.78 is 31.9. The van der Waals surface area contributed by atoms with Crippen LogP contribution in [0.25, 0.3) is 0 Å². The van der Waals surface area contributed by atoms with Gasteiger partial charge in [-0.2, -0.15) is 4.31 Å². The number of aromatic nitrogens is 3. The van der Waals surface area contributed by atoms with Gasteiger partial charge in [0.2, 0.25) is 0 Å². The van der Waals surface area contributed by atoms with Gasteiger partial charge in [0.15, 0.2) is 0 Å². The summed E-state index contributed by atoms with van der Waals surface area (Å²) in [4.78, 5) is 13.1. The van der Waals surface area contributed by atoms with Crippen LogP contribution >= 0.6 is 10.8 Å². The van der Waals surface area contributed by atoms with Crippen LogP contribution in [0.3, 0.4) is 0 Å². The summed E-state index contributed by atoms with van der Waals surface area (Å²) in [7, 11) is -1.55. The van der Waals surface area contributed by atoms with Crippen molar-refractivity contribution >= 4 is 16.7 Å². The Morgan fingerprint density at radius 1 is 1.00 bits per heavy atom. The van der Waals surface area contributed by atoms with Gasteiger partial charge in [0, 0.05) is 18.6 Å². The Hall–Kier alpha value is -2.72. The van der Waals surface area contributed by atoms with Gasteiger partial charge in [0.25, 0.3) is 0 Å². The number of hydrogen-bond donors (Lipinski definition) is 2. The molecule has 0 bridgehead atoms. The minimum Gasteiger partial charge on any atom is -0.468 e. The number of hydrogen-bond acceptors (Lipinski definition) is 7. The molecule has 1 saturated heterocycles. The zero-order chi connectivity index (χ0) is 26.0. The van der Waals surface area contributed by atoms with Gasteiger partial charge in [-0.1, -0.05) is 54.6 Å². The number of nitrogens with zero attached hydrogens (tertiary/aromatic N) is 4. The van der Waals surface area contributed by atoms with Crippen LogP contribution < -0.4 is 0 Å². The maximum absolute atomic E-state index is 13.1. The first-order valence-corrected chi connectivity index (χ1v) is 14.5. The van der Waals surface area contributed by atoms with Crippen molar-refractivity contribution in [1.82, 2.24) is 19.1 Å². The average molecular weight is 525 g/mol. The van der Waals surface area contributed by atoms with Crippen LogP contribution in [0.15, 0.2) is 67.3 Å². The highest BCUT2D eigenvalue weighted by atomic mass is 32.3. The number of benzene rings is 2. The van der Waals surface area contributed by atoms with Crippen molar-refractivity contribution in [3.8, 4) is 0 Å². The van der Waals surface area contributed by atoms with E-state index in [2.05, 4.69) is 17.1 Å². The van der Waals surface area contributed by atoms with E-state index in [1.807, 2.05) is 63.5 Å². The van der Waals surface area contributed by atoms with E-state index in [-0.39, 0.29) is 23.3 Å². The standard InChI is InChI=1S/C28H36N4O4S/c1-21-8-13-26(23-6-4-3-5-7-23)37(34,35)32(21)18-22-9-11-24(12-10-22)28(27(33)36-2)16-14-25(15-17-28)31-19-29-30-20-31/h3-7,9-12,19-21,25-26,34-35H,8,13-18H2,1-2H3/t21-,25-,26+,28-/m0/s1. The largest absolute Gasteiger partial charge is 0.468 e. The molecule has 2 fully saturated rings. The summed E-state index contributed by atoms with van der Waals surface area (Å²) in [5, 5.41) is 7.54. The summed E-state index contributed by atoms with van der Waals surface area (Å²) in [5.74, 6) is -0.202. The molecule has 0 unspecified atom stereocenters. The fourth-order valence-electron chi connectivity index (χ4n) is 6.10. The molecule has 1 aliphatic carbocycles. The lowest BCUT2D eigenvalue weighted by Crippen LogP contribution is -2.42. The molecule has 3 aromatic rings. The van der Waals surface area contributed by atoms with E-state index in [9.17, 15) is 13.9 Å². The maximum Gasteiger partial charge on any atom is 0.316 e. The number of carbonyl (C=O) groups excluding carboxylic acids is 1. The molecule has 2 aliphatic rings. The Balaban J connectivity index is 1.34. The van der Waals surface area contributed by atoms with E-state index in [0.717, 1.165) is 42.4 Å². The van der Waals surface area contributed by atoms with E-state index in [1.54, 1.807) is 12.7 Å². The predicted molar refractivity (Wildman–Crippen MR) is 144 cm³/mol. The van der Waals surface area contributed by atoms with Gasteiger partial charge >= 0.3 is 5.97 Å². The van der Waals surface area contributed by atoms with Crippen LogP contribution in [0.1, 0.15) is 73.4 Å². The normalized spacial score (nSPS) is 28.9. The molecular weight excluding hydrogens is 488 g/mol. The van der Waals surface area contributed by atoms with Crippen molar-refractivity contribution in [2.75, 3.05) is 7.11 Å². The van der Waals surface area contributed by atoms with Crippen molar-refractivity contribution in [2.24, 2.45) is 0 Å². The molecule has 0 amide bonds. The number of esters is 1. The summed E-state index contributed by atoms with van der Waals surface area (Å²) in [6, 6.07) is 18.2. The Morgan fingerprint density at radius 2 is 1.65 bits per heavy atom. The third-order valence-corrected chi connectivity index (χ3v) is 10.8. The molecule has 5 rings (SSSR count). The van der Waals surface area contributed by atoms with Gasteiger partial charge in [0.1, 0.15) is 12.7 Å². The molecule has 1 saturated carbocycles. The Kier molecular flexibility index (Phi) is 7.40. The molecule has 0 spiro atoms. The van der Waals surface area contributed by atoms with Gasteiger partial charge in [-0.05, 0) is 62.1 Å². The van der Waals surface area contributed by atoms with Crippen LogP contribution in [0, 0.1) is 0 Å². The Labute approximate surface area is 220 Å². The molecule has 1 aliphatic heterocycles. The van der Waals surface area contributed by atoms with E-state index in [1.165, 1.54) is 7.11 Å². The molecule has 0 radical (unpaired) electrons. The number of ether oxygens (including phenoxy) is 1. The highest BCUT2D eigenvalue weighted by Gasteiger charge is 2.45. The highest BCUT2D eigenvalue weighted by molar-refractivity contribution is 8.22. The molecule has 2 aromatic carbocycles. The first kappa shape index (κ1) is 25.9. The fraction of sp³-hybridized carbons (Fsp3) is 0.464. The van der Waals surface area contributed by atoms with E-state index < -0.39 is 16.2 Å². The number of rotatable bonds is 6. The van der Waals surface area contributed by atoms with Crippen molar-refractivity contribution in [2.45, 2.75) is 74.7 Å². The smallest absolute Gasteiger partial charge is 0.316 e. The highest BCUT2D eigenvalue weighted by Crippen LogP contribution is 2.63. The molecule has 2 heterocycles. The Morgan fingerprint density at radius 3 is 2.27 bits per heavy atom. The lowest BCUT2D eigenvalue weighted by atomic mass is 9.68. The van der Waals surface area contributed by atoms with Crippen molar-refractivity contribution < 1.29 is 18.6 Å². The van der Waals surface area contributed by atoms with Gasteiger partial charge < -0.3 is 9.30 Å². The zero-order valence-electron chi connectivity index (χ0n) is 21.4. The minimum atomic E-state index is -3.01. The quantitative estimate of drug-likeness (QED) is 0.388. The van der Waals surface area contributed by atoms with Gasteiger partial charge in [0.05, 0.1) is 17.8 Å². The van der Waals surface area contributed by atoms with Crippen LogP contribution in [0.2, 0.25) is 0 Å². The van der Waals surface area contributed by atoms with Crippen LogP contribution in [0.5, 0.6) is 0 Å². The second-order valence-corrected chi connectivity index (χ2v) is 12.5. The lowest BCUT2D eigenvalue weighted by molar-refractivity contribution is -0.149. The summed E-state index contributed by atoms with van der Waals surface area (Å²) in [6.07, 6.45) is 8.16. The Bertz CT molecular complexity index is 1180. The van der Waals surface area contributed by atoms with E-state index in [0.29, 0.717) is 19.4 Å². The molecule has 9 heteroatoms. The maximum atomic E-state index is 13.1. The molecule has 1 aromatic heterocycles. The molecule has 2 N–H and O–H groups in total. The third kappa shape index (κ3) is 4.93. The molecule has 8 nitrogen and oxygen atoms in total. The number of methoxy groups -OCH3 is 1. The van der Waals surface area contributed by atoms with Crippen molar-refractivity contribution in [3.05, 3.63) is 83.9 Å².